The van der Waals surface area contributed by atoms with Crippen LogP contribution in [0.4, 0.5) is 10.6 Å². The average molecular weight is 502 g/mol. The molecule has 3 N–H and O–H groups in total. The minimum atomic E-state index is -0.759. The van der Waals surface area contributed by atoms with Crippen LogP contribution >= 0.6 is 11.6 Å². The molecule has 1 aliphatic rings. The molecule has 1 aliphatic carbocycles. The van der Waals surface area contributed by atoms with Gasteiger partial charge in [0.1, 0.15) is 17.6 Å². The Morgan fingerprint density at radius 3 is 2.22 bits per heavy atom. The molecule has 1 fully saturated rings. The van der Waals surface area contributed by atoms with Gasteiger partial charge in [0.25, 0.3) is 0 Å². The first-order chi connectivity index (χ1) is 17.4. The summed E-state index contributed by atoms with van der Waals surface area (Å²) in [4.78, 5) is 31.4. The molecule has 3 aromatic carbocycles. The number of rotatable bonds is 7. The van der Waals surface area contributed by atoms with Crippen LogP contribution in [0, 0.1) is 0 Å². The molecule has 7 nitrogen and oxygen atoms in total. The van der Waals surface area contributed by atoms with Crippen LogP contribution in [-0.2, 0) is 14.9 Å². The molecule has 1 heterocycles. The number of benzene rings is 3. The van der Waals surface area contributed by atoms with E-state index in [4.69, 9.17) is 16.3 Å². The Bertz CT molecular complexity index is 1410. The summed E-state index contributed by atoms with van der Waals surface area (Å²) < 4.78 is 5.49. The average Bonchev–Trinajstić information content (AvgIpc) is 3.58. The minimum Gasteiger partial charge on any atom is -0.481 e. The maximum absolute atomic E-state index is 12.5. The Morgan fingerprint density at radius 1 is 1.00 bits per heavy atom. The molecule has 0 aliphatic heterocycles. The zero-order valence-corrected chi connectivity index (χ0v) is 20.3. The predicted octanol–water partition coefficient (Wildman–Crippen LogP) is 6.82. The fourth-order valence-corrected chi connectivity index (χ4v) is 4.61. The number of H-pyrrole nitrogens is 1. The molecule has 36 heavy (non-hydrogen) atoms. The van der Waals surface area contributed by atoms with E-state index in [1.54, 1.807) is 13.0 Å². The molecule has 4 aromatic rings. The Morgan fingerprint density at radius 2 is 1.61 bits per heavy atom. The first-order valence-electron chi connectivity index (χ1n) is 11.6. The van der Waals surface area contributed by atoms with E-state index in [1.165, 1.54) is 6.33 Å². The number of imidazole rings is 1. The van der Waals surface area contributed by atoms with Gasteiger partial charge in [0.2, 0.25) is 0 Å². The molecule has 182 valence electrons. The summed E-state index contributed by atoms with van der Waals surface area (Å²) in [6.07, 6.45) is 1.72. The molecule has 1 aromatic heterocycles. The van der Waals surface area contributed by atoms with Crippen LogP contribution in [0.3, 0.4) is 0 Å². The molecule has 1 unspecified atom stereocenters. The van der Waals surface area contributed by atoms with Gasteiger partial charge in [-0.2, -0.15) is 0 Å². The van der Waals surface area contributed by atoms with Crippen molar-refractivity contribution in [2.75, 3.05) is 5.32 Å². The van der Waals surface area contributed by atoms with Crippen molar-refractivity contribution in [3.63, 3.8) is 0 Å². The Labute approximate surface area is 213 Å². The van der Waals surface area contributed by atoms with Crippen molar-refractivity contribution in [3.05, 3.63) is 95.3 Å². The SMILES string of the molecule is CC(OC(=O)Nc1[nH]cnc1-c1ccc(-c2ccc(C3(C(=O)O)CC3)cc2)cc1)c1ccccc1Cl. The van der Waals surface area contributed by atoms with Crippen LogP contribution in [0.15, 0.2) is 79.1 Å². The van der Waals surface area contributed by atoms with Crippen LogP contribution in [0.1, 0.15) is 37.0 Å². The minimum absolute atomic E-state index is 0.423. The van der Waals surface area contributed by atoms with Crippen molar-refractivity contribution in [2.24, 2.45) is 0 Å². The second-order valence-corrected chi connectivity index (χ2v) is 9.27. The number of amides is 1. The van der Waals surface area contributed by atoms with E-state index in [0.29, 0.717) is 29.4 Å². The number of hydrogen-bond donors (Lipinski definition) is 3. The van der Waals surface area contributed by atoms with E-state index in [9.17, 15) is 14.7 Å². The molecule has 0 spiro atoms. The highest BCUT2D eigenvalue weighted by atomic mass is 35.5. The fourth-order valence-electron chi connectivity index (χ4n) is 4.32. The predicted molar refractivity (Wildman–Crippen MR) is 138 cm³/mol. The third-order valence-corrected chi connectivity index (χ3v) is 6.93. The lowest BCUT2D eigenvalue weighted by Gasteiger charge is -2.15. The van der Waals surface area contributed by atoms with Gasteiger partial charge < -0.3 is 14.8 Å². The smallest absolute Gasteiger partial charge is 0.413 e. The zero-order chi connectivity index (χ0) is 25.3. The number of aromatic amines is 1. The van der Waals surface area contributed by atoms with Crippen molar-refractivity contribution in [3.8, 4) is 22.4 Å². The van der Waals surface area contributed by atoms with Gasteiger partial charge in [-0.25, -0.2) is 9.78 Å². The number of nitrogens with zero attached hydrogens (tertiary/aromatic N) is 1. The summed E-state index contributed by atoms with van der Waals surface area (Å²) >= 11 is 6.20. The first-order valence-corrected chi connectivity index (χ1v) is 12.0. The summed E-state index contributed by atoms with van der Waals surface area (Å²) in [5.74, 6) is -0.336. The van der Waals surface area contributed by atoms with Gasteiger partial charge in [0.15, 0.2) is 0 Å². The molecule has 5 rings (SSSR count). The Balaban J connectivity index is 1.27. The summed E-state index contributed by atoms with van der Waals surface area (Å²) in [5, 5.41) is 12.8. The maximum atomic E-state index is 12.5. The monoisotopic (exact) mass is 501 g/mol. The molecule has 8 heteroatoms. The van der Waals surface area contributed by atoms with Crippen LogP contribution in [0.25, 0.3) is 22.4 Å². The number of nitrogens with one attached hydrogen (secondary N) is 2. The zero-order valence-electron chi connectivity index (χ0n) is 19.5. The third-order valence-electron chi connectivity index (χ3n) is 6.58. The number of carboxylic acids is 1. The number of anilines is 1. The van der Waals surface area contributed by atoms with E-state index in [1.807, 2.05) is 66.7 Å². The largest absolute Gasteiger partial charge is 0.481 e. The number of halogens is 1. The summed E-state index contributed by atoms with van der Waals surface area (Å²) in [5.41, 5.74) is 4.23. The van der Waals surface area contributed by atoms with Crippen molar-refractivity contribution in [1.82, 2.24) is 9.97 Å². The van der Waals surface area contributed by atoms with Crippen LogP contribution in [0.5, 0.6) is 0 Å². The second-order valence-electron chi connectivity index (χ2n) is 8.86. The lowest BCUT2D eigenvalue weighted by molar-refractivity contribution is -0.140. The molecule has 0 bridgehead atoms. The molecular weight excluding hydrogens is 478 g/mol. The van der Waals surface area contributed by atoms with Gasteiger partial charge in [-0.1, -0.05) is 78.3 Å². The van der Waals surface area contributed by atoms with E-state index >= 15 is 0 Å². The van der Waals surface area contributed by atoms with Crippen LogP contribution in [0.2, 0.25) is 5.02 Å². The fraction of sp³-hybridized carbons (Fsp3) is 0.179. The van der Waals surface area contributed by atoms with Gasteiger partial charge in [-0.3, -0.25) is 10.1 Å². The standard InChI is InChI=1S/C28H24ClN3O4/c1-17(22-4-2-3-5-23(22)29)36-27(35)32-25-24(30-16-31-25)20-8-6-18(7-9-20)19-10-12-21(13-11-19)28(14-15-28)26(33)34/h2-13,16-17H,14-15H2,1H3,(H,30,31)(H,32,35)(H,33,34). The number of ether oxygens (including phenoxy) is 1. The van der Waals surface area contributed by atoms with Crippen molar-refractivity contribution in [2.45, 2.75) is 31.3 Å². The second kappa shape index (κ2) is 9.51. The molecule has 1 amide bonds. The number of carboxylic acid groups (broad SMARTS) is 1. The Hall–Kier alpha value is -4.10. The van der Waals surface area contributed by atoms with E-state index < -0.39 is 23.6 Å². The van der Waals surface area contributed by atoms with Gasteiger partial charge in [0.05, 0.1) is 11.7 Å². The lowest BCUT2D eigenvalue weighted by atomic mass is 9.93. The normalized spacial score (nSPS) is 14.6. The van der Waals surface area contributed by atoms with E-state index in [-0.39, 0.29) is 0 Å². The number of carbonyl (C=O) groups excluding carboxylic acids is 1. The van der Waals surface area contributed by atoms with Gasteiger partial charge in [-0.05, 0) is 42.5 Å². The number of hydrogen-bond acceptors (Lipinski definition) is 4. The summed E-state index contributed by atoms with van der Waals surface area (Å²) in [6.45, 7) is 1.76. The molecular formula is C28H24ClN3O4. The Kier molecular flexibility index (Phi) is 6.24. The van der Waals surface area contributed by atoms with Crippen molar-refractivity contribution in [1.29, 1.82) is 0 Å². The van der Waals surface area contributed by atoms with E-state index in [0.717, 1.165) is 27.8 Å². The maximum Gasteiger partial charge on any atom is 0.413 e. The quantitative estimate of drug-likeness (QED) is 0.257. The van der Waals surface area contributed by atoms with Gasteiger partial charge >= 0.3 is 12.1 Å². The molecule has 1 saturated carbocycles. The molecule has 1 atom stereocenters. The van der Waals surface area contributed by atoms with Crippen molar-refractivity contribution < 1.29 is 19.4 Å². The number of aromatic nitrogens is 2. The third kappa shape index (κ3) is 4.57. The summed E-state index contributed by atoms with van der Waals surface area (Å²) in [7, 11) is 0. The van der Waals surface area contributed by atoms with Crippen LogP contribution < -0.4 is 5.32 Å². The lowest BCUT2D eigenvalue weighted by Crippen LogP contribution is -2.19. The number of carbonyl (C=O) groups is 2. The van der Waals surface area contributed by atoms with Crippen molar-refractivity contribution >= 4 is 29.5 Å². The molecule has 0 saturated heterocycles. The topological polar surface area (TPSA) is 104 Å². The van der Waals surface area contributed by atoms with E-state index in [2.05, 4.69) is 15.3 Å². The van der Waals surface area contributed by atoms with Gasteiger partial charge in [0, 0.05) is 16.1 Å². The highest BCUT2D eigenvalue weighted by Crippen LogP contribution is 2.48. The summed E-state index contributed by atoms with van der Waals surface area (Å²) in [6, 6.07) is 22.7. The highest BCUT2D eigenvalue weighted by molar-refractivity contribution is 6.31. The van der Waals surface area contributed by atoms with Gasteiger partial charge in [-0.15, -0.1) is 0 Å². The highest BCUT2D eigenvalue weighted by Gasteiger charge is 2.51. The molecule has 0 radical (unpaired) electrons. The number of aliphatic carboxylic acids is 1. The first kappa shape index (κ1) is 23.6. The van der Waals surface area contributed by atoms with Crippen LogP contribution in [-0.4, -0.2) is 27.1 Å².